The Morgan fingerprint density at radius 2 is 1.97 bits per heavy atom. The van der Waals surface area contributed by atoms with Gasteiger partial charge in [0.15, 0.2) is 0 Å². The molecular weight excluding hydrogens is 408 g/mol. The number of fused-ring (bicyclic) bond motifs is 1. The lowest BCUT2D eigenvalue weighted by atomic mass is 9.88. The zero-order valence-corrected chi connectivity index (χ0v) is 19.0. The van der Waals surface area contributed by atoms with Crippen LogP contribution >= 0.6 is 11.3 Å². The molecule has 0 spiro atoms. The summed E-state index contributed by atoms with van der Waals surface area (Å²) < 4.78 is 0. The van der Waals surface area contributed by atoms with Gasteiger partial charge in [-0.05, 0) is 49.5 Å². The molecule has 1 aliphatic carbocycles. The molecule has 1 N–H and O–H groups in total. The lowest BCUT2D eigenvalue weighted by Crippen LogP contribution is -2.42. The molecule has 31 heavy (non-hydrogen) atoms. The van der Waals surface area contributed by atoms with Crippen molar-refractivity contribution in [1.82, 2.24) is 19.8 Å². The lowest BCUT2D eigenvalue weighted by molar-refractivity contribution is 0.0599. The van der Waals surface area contributed by atoms with Gasteiger partial charge >= 0.3 is 0 Å². The molecule has 1 amide bonds. The molecule has 166 valence electrons. The van der Waals surface area contributed by atoms with E-state index in [2.05, 4.69) is 9.88 Å². The van der Waals surface area contributed by atoms with E-state index in [0.717, 1.165) is 68.1 Å². The van der Waals surface area contributed by atoms with Crippen LogP contribution in [-0.4, -0.2) is 45.3 Å². The van der Waals surface area contributed by atoms with Crippen LogP contribution in [0.1, 0.15) is 84.8 Å². The number of thiophene rings is 1. The molecule has 0 radical (unpaired) electrons. The molecule has 0 aromatic carbocycles. The zero-order chi connectivity index (χ0) is 21.2. The Morgan fingerprint density at radius 3 is 2.77 bits per heavy atom. The number of likely N-dealkylation sites (tertiary alicyclic amines) is 1. The number of rotatable bonds is 4. The van der Waals surface area contributed by atoms with Crippen molar-refractivity contribution in [2.24, 2.45) is 5.92 Å². The molecule has 2 aliphatic heterocycles. The fourth-order valence-corrected chi connectivity index (χ4v) is 6.19. The van der Waals surface area contributed by atoms with Crippen molar-refractivity contribution in [3.63, 3.8) is 0 Å². The second-order valence-electron chi connectivity index (χ2n) is 9.39. The van der Waals surface area contributed by atoms with Gasteiger partial charge < -0.3 is 9.88 Å². The molecule has 0 bridgehead atoms. The van der Waals surface area contributed by atoms with Crippen LogP contribution in [0.2, 0.25) is 0 Å². The van der Waals surface area contributed by atoms with Crippen LogP contribution in [0.5, 0.6) is 0 Å². The number of hydrogen-bond acceptors (Lipinski definition) is 5. The molecule has 1 atom stereocenters. The quantitative estimate of drug-likeness (QED) is 0.776. The molecule has 4 heterocycles. The van der Waals surface area contributed by atoms with Gasteiger partial charge in [-0.2, -0.15) is 11.3 Å². The van der Waals surface area contributed by atoms with E-state index in [1.54, 1.807) is 0 Å². The van der Waals surface area contributed by atoms with E-state index in [1.165, 1.54) is 43.4 Å². The maximum Gasteiger partial charge on any atom is 0.255 e. The minimum Gasteiger partial charge on any atom is -0.328 e. The van der Waals surface area contributed by atoms with Gasteiger partial charge in [-0.25, -0.2) is 4.98 Å². The Balaban J connectivity index is 1.34. The topological polar surface area (TPSA) is 69.3 Å². The summed E-state index contributed by atoms with van der Waals surface area (Å²) in [7, 11) is 0. The highest BCUT2D eigenvalue weighted by molar-refractivity contribution is 7.08. The number of hydrogen-bond donors (Lipinski definition) is 1. The molecule has 7 heteroatoms. The van der Waals surface area contributed by atoms with Gasteiger partial charge in [0, 0.05) is 38.0 Å². The maximum absolute atomic E-state index is 13.1. The molecule has 2 aromatic rings. The van der Waals surface area contributed by atoms with Crippen molar-refractivity contribution in [1.29, 1.82) is 0 Å². The van der Waals surface area contributed by atoms with Crippen molar-refractivity contribution < 1.29 is 4.79 Å². The van der Waals surface area contributed by atoms with Crippen LogP contribution in [0.25, 0.3) is 0 Å². The largest absolute Gasteiger partial charge is 0.328 e. The monoisotopic (exact) mass is 440 g/mol. The Bertz CT molecular complexity index is 964. The first-order valence-electron chi connectivity index (χ1n) is 11.9. The number of nitrogens with one attached hydrogen (secondary N) is 1. The Hall–Kier alpha value is -1.99. The van der Waals surface area contributed by atoms with Crippen molar-refractivity contribution in [3.05, 3.63) is 49.8 Å². The maximum atomic E-state index is 13.1. The van der Waals surface area contributed by atoms with E-state index in [9.17, 15) is 9.59 Å². The first-order chi connectivity index (χ1) is 15.2. The predicted molar refractivity (Wildman–Crippen MR) is 122 cm³/mol. The van der Waals surface area contributed by atoms with Gasteiger partial charge in [-0.15, -0.1) is 0 Å². The standard InChI is InChI=1S/C24H32N4O2S/c29-23-19-15-27(14-17-6-2-1-3-7-17)12-9-20(19)25-22(26-23)21-8-4-5-11-28(21)24(30)18-10-13-31-16-18/h10,13,16-17,21H,1-9,11-12,14-15H2,(H,25,26,29). The van der Waals surface area contributed by atoms with Gasteiger partial charge in [0.2, 0.25) is 0 Å². The average molecular weight is 441 g/mol. The number of carbonyl (C=O) groups excluding carboxylic acids is 1. The van der Waals surface area contributed by atoms with Crippen LogP contribution < -0.4 is 5.56 Å². The molecule has 2 aromatic heterocycles. The molecule has 3 aliphatic rings. The Labute approximate surface area is 187 Å². The average Bonchev–Trinajstić information content (AvgIpc) is 3.35. The highest BCUT2D eigenvalue weighted by Gasteiger charge is 2.32. The number of piperidine rings is 1. The van der Waals surface area contributed by atoms with E-state index in [1.807, 2.05) is 21.7 Å². The highest BCUT2D eigenvalue weighted by Crippen LogP contribution is 2.31. The number of H-pyrrole nitrogens is 1. The molecule has 1 saturated carbocycles. The van der Waals surface area contributed by atoms with Gasteiger partial charge in [0.25, 0.3) is 11.5 Å². The first kappa shape index (κ1) is 20.9. The third-order valence-corrected chi connectivity index (χ3v) is 7.94. The molecule has 2 fully saturated rings. The van der Waals surface area contributed by atoms with Crippen LogP contribution in [0.4, 0.5) is 0 Å². The van der Waals surface area contributed by atoms with E-state index >= 15 is 0 Å². The van der Waals surface area contributed by atoms with Crippen LogP contribution in [0.3, 0.4) is 0 Å². The zero-order valence-electron chi connectivity index (χ0n) is 18.1. The number of carbonyl (C=O) groups is 1. The predicted octanol–water partition coefficient (Wildman–Crippen LogP) is 4.14. The van der Waals surface area contributed by atoms with Gasteiger partial charge in [-0.1, -0.05) is 19.3 Å². The third kappa shape index (κ3) is 4.48. The fourth-order valence-electron chi connectivity index (χ4n) is 5.56. The number of aromatic amines is 1. The molecule has 5 rings (SSSR count). The smallest absolute Gasteiger partial charge is 0.255 e. The first-order valence-corrected chi connectivity index (χ1v) is 12.8. The SMILES string of the molecule is O=C(c1ccsc1)N1CCCCC1c1nc2c(c(=O)[nH]1)CN(CC1CCCCC1)CC2. The summed E-state index contributed by atoms with van der Waals surface area (Å²) in [5, 5.41) is 3.84. The molecular formula is C24H32N4O2S. The van der Waals surface area contributed by atoms with Crippen molar-refractivity contribution in [2.45, 2.75) is 70.4 Å². The number of amides is 1. The summed E-state index contributed by atoms with van der Waals surface area (Å²) in [5.74, 6) is 1.50. The van der Waals surface area contributed by atoms with Gasteiger partial charge in [0.1, 0.15) is 5.82 Å². The van der Waals surface area contributed by atoms with Gasteiger partial charge in [0.05, 0.1) is 22.9 Å². The van der Waals surface area contributed by atoms with Crippen LogP contribution in [-0.2, 0) is 13.0 Å². The second kappa shape index (κ2) is 9.25. The van der Waals surface area contributed by atoms with Crippen molar-refractivity contribution in [3.8, 4) is 0 Å². The third-order valence-electron chi connectivity index (χ3n) is 7.25. The number of nitrogens with zero attached hydrogens (tertiary/aromatic N) is 3. The normalized spacial score (nSPS) is 23.0. The van der Waals surface area contributed by atoms with E-state index in [-0.39, 0.29) is 17.5 Å². The lowest BCUT2D eigenvalue weighted by Gasteiger charge is -2.36. The summed E-state index contributed by atoms with van der Waals surface area (Å²) in [6, 6.07) is 1.74. The summed E-state index contributed by atoms with van der Waals surface area (Å²) in [5.41, 5.74) is 2.49. The Morgan fingerprint density at radius 1 is 1.13 bits per heavy atom. The number of aromatic nitrogens is 2. The van der Waals surface area contributed by atoms with Crippen molar-refractivity contribution in [2.75, 3.05) is 19.6 Å². The van der Waals surface area contributed by atoms with Crippen molar-refractivity contribution >= 4 is 17.2 Å². The Kier molecular flexibility index (Phi) is 6.23. The molecule has 1 unspecified atom stereocenters. The summed E-state index contributed by atoms with van der Waals surface area (Å²) >= 11 is 1.54. The van der Waals surface area contributed by atoms with Gasteiger partial charge in [-0.3, -0.25) is 14.5 Å². The molecule has 6 nitrogen and oxygen atoms in total. The highest BCUT2D eigenvalue weighted by atomic mass is 32.1. The molecule has 1 saturated heterocycles. The van der Waals surface area contributed by atoms with E-state index in [0.29, 0.717) is 12.4 Å². The second-order valence-corrected chi connectivity index (χ2v) is 10.2. The van der Waals surface area contributed by atoms with E-state index in [4.69, 9.17) is 4.98 Å². The van der Waals surface area contributed by atoms with Crippen LogP contribution in [0, 0.1) is 5.92 Å². The summed E-state index contributed by atoms with van der Waals surface area (Å²) in [6.07, 6.45) is 10.4. The summed E-state index contributed by atoms with van der Waals surface area (Å²) in [4.78, 5) is 38.5. The van der Waals surface area contributed by atoms with Crippen LogP contribution in [0.15, 0.2) is 21.6 Å². The minimum absolute atomic E-state index is 0.0122. The minimum atomic E-state index is -0.139. The van der Waals surface area contributed by atoms with E-state index < -0.39 is 0 Å². The fraction of sp³-hybridized carbons (Fsp3) is 0.625. The summed E-state index contributed by atoms with van der Waals surface area (Å²) in [6.45, 7) is 3.50.